The SMILES string of the molecule is COc1ccnc(C(=O)C[C@@H](C)C(=O)O[C@@H](C)[C@@H](C)c2ccccc2)c1O. The standard InChI is InChI=1S/C21H25NO5/c1-13(12-17(23)19-20(24)18(26-4)10-11-22-19)21(25)27-15(3)14(2)16-8-6-5-7-9-16/h5-11,13-15,24H,12H2,1-4H3/t13-,14-,15+/m1/s1. The lowest BCUT2D eigenvalue weighted by Crippen LogP contribution is -2.26. The van der Waals surface area contributed by atoms with E-state index in [1.54, 1.807) is 6.92 Å². The van der Waals surface area contributed by atoms with Crippen LogP contribution in [0.1, 0.15) is 49.2 Å². The van der Waals surface area contributed by atoms with Crippen LogP contribution < -0.4 is 4.74 Å². The van der Waals surface area contributed by atoms with Gasteiger partial charge in [-0.1, -0.05) is 44.2 Å². The lowest BCUT2D eigenvalue weighted by Gasteiger charge is -2.22. The molecule has 1 aromatic carbocycles. The molecular formula is C21H25NO5. The number of nitrogens with zero attached hydrogens (tertiary/aromatic N) is 1. The van der Waals surface area contributed by atoms with Gasteiger partial charge in [0.15, 0.2) is 23.0 Å². The predicted molar refractivity (Wildman–Crippen MR) is 101 cm³/mol. The molecule has 1 N–H and O–H groups in total. The largest absolute Gasteiger partial charge is 0.503 e. The van der Waals surface area contributed by atoms with Crippen LogP contribution >= 0.6 is 0 Å². The van der Waals surface area contributed by atoms with Crippen molar-refractivity contribution in [3.05, 3.63) is 53.9 Å². The molecule has 0 spiro atoms. The molecule has 0 fully saturated rings. The third-order valence-corrected chi connectivity index (χ3v) is 4.60. The van der Waals surface area contributed by atoms with Crippen LogP contribution in [0.15, 0.2) is 42.6 Å². The van der Waals surface area contributed by atoms with Gasteiger partial charge in [0, 0.05) is 24.6 Å². The molecular weight excluding hydrogens is 346 g/mol. The van der Waals surface area contributed by atoms with Crippen LogP contribution in [0.4, 0.5) is 0 Å². The van der Waals surface area contributed by atoms with Gasteiger partial charge in [0.2, 0.25) is 0 Å². The van der Waals surface area contributed by atoms with Crippen molar-refractivity contribution >= 4 is 11.8 Å². The van der Waals surface area contributed by atoms with Crippen molar-refractivity contribution in [3.63, 3.8) is 0 Å². The van der Waals surface area contributed by atoms with E-state index in [-0.39, 0.29) is 35.6 Å². The average molecular weight is 371 g/mol. The Hall–Kier alpha value is -2.89. The summed E-state index contributed by atoms with van der Waals surface area (Å²) >= 11 is 0. The second kappa shape index (κ2) is 9.16. The number of ether oxygens (including phenoxy) is 2. The summed E-state index contributed by atoms with van der Waals surface area (Å²) in [6.45, 7) is 5.44. The molecule has 0 radical (unpaired) electrons. The highest BCUT2D eigenvalue weighted by molar-refractivity contribution is 5.99. The second-order valence-electron chi connectivity index (χ2n) is 6.58. The number of hydrogen-bond donors (Lipinski definition) is 1. The Labute approximate surface area is 159 Å². The van der Waals surface area contributed by atoms with Crippen molar-refractivity contribution in [2.24, 2.45) is 5.92 Å². The third-order valence-electron chi connectivity index (χ3n) is 4.60. The Kier molecular flexibility index (Phi) is 6.93. The van der Waals surface area contributed by atoms with Crippen LogP contribution in [-0.4, -0.2) is 35.1 Å². The van der Waals surface area contributed by atoms with Crippen molar-refractivity contribution in [1.29, 1.82) is 0 Å². The molecule has 0 saturated heterocycles. The van der Waals surface area contributed by atoms with Gasteiger partial charge in [-0.2, -0.15) is 0 Å². The van der Waals surface area contributed by atoms with Gasteiger partial charge in [-0.15, -0.1) is 0 Å². The van der Waals surface area contributed by atoms with E-state index < -0.39 is 17.7 Å². The molecule has 0 saturated carbocycles. The van der Waals surface area contributed by atoms with Crippen LogP contribution in [0.3, 0.4) is 0 Å². The summed E-state index contributed by atoms with van der Waals surface area (Å²) in [6, 6.07) is 11.2. The van der Waals surface area contributed by atoms with Crippen LogP contribution in [-0.2, 0) is 9.53 Å². The number of rotatable bonds is 8. The molecule has 3 atom stereocenters. The molecule has 0 aliphatic heterocycles. The van der Waals surface area contributed by atoms with Gasteiger partial charge < -0.3 is 14.6 Å². The first-order valence-corrected chi connectivity index (χ1v) is 8.85. The van der Waals surface area contributed by atoms with Crippen LogP contribution in [0.2, 0.25) is 0 Å². The van der Waals surface area contributed by atoms with Gasteiger partial charge in [0.25, 0.3) is 0 Å². The first-order chi connectivity index (χ1) is 12.8. The van der Waals surface area contributed by atoms with Gasteiger partial charge >= 0.3 is 5.97 Å². The van der Waals surface area contributed by atoms with Crippen LogP contribution in [0.25, 0.3) is 0 Å². The maximum Gasteiger partial charge on any atom is 0.309 e. The quantitative estimate of drug-likeness (QED) is 0.562. The number of aromatic nitrogens is 1. The van der Waals surface area contributed by atoms with E-state index >= 15 is 0 Å². The Morgan fingerprint density at radius 3 is 2.41 bits per heavy atom. The molecule has 2 aromatic rings. The molecule has 144 valence electrons. The van der Waals surface area contributed by atoms with Crippen molar-refractivity contribution < 1.29 is 24.2 Å². The highest BCUT2D eigenvalue weighted by atomic mass is 16.5. The number of aromatic hydroxyl groups is 1. The molecule has 0 aliphatic carbocycles. The number of carbonyl (C=O) groups excluding carboxylic acids is 2. The highest BCUT2D eigenvalue weighted by Gasteiger charge is 2.26. The lowest BCUT2D eigenvalue weighted by molar-refractivity contribution is -0.153. The van der Waals surface area contributed by atoms with Gasteiger partial charge in [-0.05, 0) is 12.5 Å². The number of esters is 1. The van der Waals surface area contributed by atoms with Crippen molar-refractivity contribution in [1.82, 2.24) is 4.98 Å². The number of Topliss-reactive ketones (excluding diaryl/α,β-unsaturated/α-hetero) is 1. The molecule has 1 heterocycles. The van der Waals surface area contributed by atoms with Crippen molar-refractivity contribution in [2.75, 3.05) is 7.11 Å². The molecule has 0 amide bonds. The molecule has 2 rings (SSSR count). The summed E-state index contributed by atoms with van der Waals surface area (Å²) < 4.78 is 10.5. The Balaban J connectivity index is 1.98. The molecule has 6 nitrogen and oxygen atoms in total. The number of pyridine rings is 1. The first-order valence-electron chi connectivity index (χ1n) is 8.85. The van der Waals surface area contributed by atoms with E-state index in [9.17, 15) is 14.7 Å². The molecule has 6 heteroatoms. The highest BCUT2D eigenvalue weighted by Crippen LogP contribution is 2.29. The minimum Gasteiger partial charge on any atom is -0.503 e. The number of carbonyl (C=O) groups is 2. The number of methoxy groups -OCH3 is 1. The monoisotopic (exact) mass is 371 g/mol. The summed E-state index contributed by atoms with van der Waals surface area (Å²) in [4.78, 5) is 28.7. The first kappa shape index (κ1) is 20.4. The topological polar surface area (TPSA) is 85.7 Å². The minimum atomic E-state index is -0.657. The fourth-order valence-electron chi connectivity index (χ4n) is 2.69. The molecule has 0 unspecified atom stereocenters. The van der Waals surface area contributed by atoms with E-state index in [2.05, 4.69) is 4.98 Å². The predicted octanol–water partition coefficient (Wildman–Crippen LogP) is 3.74. The molecule has 1 aromatic heterocycles. The van der Waals surface area contributed by atoms with E-state index in [0.29, 0.717) is 0 Å². The lowest BCUT2D eigenvalue weighted by atomic mass is 9.96. The normalized spacial score (nSPS) is 14.1. The number of ketones is 1. The second-order valence-corrected chi connectivity index (χ2v) is 6.58. The fraction of sp³-hybridized carbons (Fsp3) is 0.381. The maximum absolute atomic E-state index is 12.4. The summed E-state index contributed by atoms with van der Waals surface area (Å²) in [5, 5.41) is 10.0. The summed E-state index contributed by atoms with van der Waals surface area (Å²) in [5.41, 5.74) is 0.965. The van der Waals surface area contributed by atoms with E-state index in [0.717, 1.165) is 5.56 Å². The van der Waals surface area contributed by atoms with E-state index in [1.807, 2.05) is 44.2 Å². The van der Waals surface area contributed by atoms with Crippen molar-refractivity contribution in [3.8, 4) is 11.5 Å². The zero-order valence-corrected chi connectivity index (χ0v) is 16.0. The molecule has 0 aliphatic rings. The van der Waals surface area contributed by atoms with Crippen LogP contribution in [0, 0.1) is 5.92 Å². The van der Waals surface area contributed by atoms with Gasteiger partial charge in [-0.25, -0.2) is 4.98 Å². The van der Waals surface area contributed by atoms with E-state index in [1.165, 1.54) is 19.4 Å². The maximum atomic E-state index is 12.4. The van der Waals surface area contributed by atoms with Gasteiger partial charge in [-0.3, -0.25) is 9.59 Å². The average Bonchev–Trinajstić information content (AvgIpc) is 2.67. The number of hydrogen-bond acceptors (Lipinski definition) is 6. The third kappa shape index (κ3) is 5.06. The van der Waals surface area contributed by atoms with Gasteiger partial charge in [0.1, 0.15) is 6.10 Å². The summed E-state index contributed by atoms with van der Waals surface area (Å²) in [5.74, 6) is -1.69. The summed E-state index contributed by atoms with van der Waals surface area (Å²) in [6.07, 6.45) is 0.929. The molecule has 0 bridgehead atoms. The number of benzene rings is 1. The molecule has 27 heavy (non-hydrogen) atoms. The fourth-order valence-corrected chi connectivity index (χ4v) is 2.69. The Morgan fingerprint density at radius 2 is 1.78 bits per heavy atom. The zero-order valence-electron chi connectivity index (χ0n) is 16.0. The Bertz CT molecular complexity index is 790. The van der Waals surface area contributed by atoms with Gasteiger partial charge in [0.05, 0.1) is 13.0 Å². The Morgan fingerprint density at radius 1 is 1.11 bits per heavy atom. The van der Waals surface area contributed by atoms with Crippen molar-refractivity contribution in [2.45, 2.75) is 39.2 Å². The van der Waals surface area contributed by atoms with E-state index in [4.69, 9.17) is 9.47 Å². The minimum absolute atomic E-state index is 0.0298. The zero-order chi connectivity index (χ0) is 20.0. The smallest absolute Gasteiger partial charge is 0.309 e. The van der Waals surface area contributed by atoms with Crippen LogP contribution in [0.5, 0.6) is 11.5 Å². The summed E-state index contributed by atoms with van der Waals surface area (Å²) in [7, 11) is 1.39.